The Kier molecular flexibility index (Phi) is 4.79. The van der Waals surface area contributed by atoms with Gasteiger partial charge in [-0.1, -0.05) is 27.2 Å². The van der Waals surface area contributed by atoms with Gasteiger partial charge in [-0.05, 0) is 123 Å². The largest absolute Gasteiger partial charge is 0.393 e. The molecule has 166 valence electrons. The average molecular weight is 404 g/mol. The maximum atomic E-state index is 11.3. The van der Waals surface area contributed by atoms with Crippen LogP contribution in [-0.2, 0) is 0 Å². The summed E-state index contributed by atoms with van der Waals surface area (Å²) in [6, 6.07) is 0. The second-order valence-electron chi connectivity index (χ2n) is 12.5. The zero-order chi connectivity index (χ0) is 20.7. The quantitative estimate of drug-likeness (QED) is 0.580. The van der Waals surface area contributed by atoms with E-state index in [-0.39, 0.29) is 12.2 Å². The third-order valence-corrected chi connectivity index (χ3v) is 12.0. The summed E-state index contributed by atoms with van der Waals surface area (Å²) in [6.07, 6.45) is 13.6. The Morgan fingerprint density at radius 1 is 0.897 bits per heavy atom. The van der Waals surface area contributed by atoms with Crippen molar-refractivity contribution in [1.29, 1.82) is 0 Å². The Balaban J connectivity index is 1.41. The number of fused-ring (bicyclic) bond motifs is 2. The molecule has 0 aromatic heterocycles. The molecule has 5 rings (SSSR count). The summed E-state index contributed by atoms with van der Waals surface area (Å²) in [6.45, 7) is 8.57. The topological polar surface area (TPSA) is 52.5 Å². The van der Waals surface area contributed by atoms with E-state index < -0.39 is 0 Å². The molecule has 5 fully saturated rings. The third-order valence-electron chi connectivity index (χ3n) is 12.0. The van der Waals surface area contributed by atoms with Gasteiger partial charge < -0.3 is 15.5 Å². The number of hydrogen-bond donors (Lipinski definition) is 3. The van der Waals surface area contributed by atoms with Gasteiger partial charge in [0, 0.05) is 0 Å². The fraction of sp³-hybridized carbons (Fsp3) is 1.00. The molecule has 3 N–H and O–H groups in total. The van der Waals surface area contributed by atoms with E-state index in [0.29, 0.717) is 33.5 Å². The molecular weight excluding hydrogens is 358 g/mol. The minimum atomic E-state index is -0.103. The van der Waals surface area contributed by atoms with Crippen LogP contribution < -0.4 is 5.32 Å². The molecule has 10 unspecified atom stereocenters. The van der Waals surface area contributed by atoms with Crippen molar-refractivity contribution in [3.8, 4) is 0 Å². The van der Waals surface area contributed by atoms with Crippen molar-refractivity contribution >= 4 is 0 Å². The number of aliphatic hydroxyl groups excluding tert-OH is 2. The molecule has 0 aliphatic heterocycles. The van der Waals surface area contributed by atoms with Crippen LogP contribution >= 0.6 is 0 Å². The van der Waals surface area contributed by atoms with Crippen LogP contribution in [0.2, 0.25) is 0 Å². The summed E-state index contributed by atoms with van der Waals surface area (Å²) in [5.41, 5.74) is 1.68. The predicted octanol–water partition coefficient (Wildman–Crippen LogP) is 4.76. The van der Waals surface area contributed by atoms with Crippen molar-refractivity contribution in [3.05, 3.63) is 0 Å². The lowest BCUT2D eigenvalue weighted by Crippen LogP contribution is -2.55. The summed E-state index contributed by atoms with van der Waals surface area (Å²) in [5.74, 6) is 2.52. The fourth-order valence-corrected chi connectivity index (χ4v) is 10.4. The van der Waals surface area contributed by atoms with E-state index in [0.717, 1.165) is 31.2 Å². The number of aliphatic hydroxyl groups is 2. The Bertz CT molecular complexity index is 653. The summed E-state index contributed by atoms with van der Waals surface area (Å²) in [5, 5.41) is 25.1. The Labute approximate surface area is 178 Å². The summed E-state index contributed by atoms with van der Waals surface area (Å²) < 4.78 is 0. The van der Waals surface area contributed by atoms with E-state index in [9.17, 15) is 10.2 Å². The number of hydrogen-bond acceptors (Lipinski definition) is 3. The lowest BCUT2D eigenvalue weighted by Gasteiger charge is -2.61. The van der Waals surface area contributed by atoms with Crippen molar-refractivity contribution in [2.45, 2.75) is 104 Å². The molecule has 0 saturated heterocycles. The third kappa shape index (κ3) is 2.47. The SMILES string of the molecule is CNCCCCC1C(O)CC2(C)C3CCC4C(C)C(O)CCC45CC35CCC12C. The Morgan fingerprint density at radius 2 is 1.69 bits per heavy atom. The molecule has 0 amide bonds. The molecule has 3 nitrogen and oxygen atoms in total. The van der Waals surface area contributed by atoms with Crippen LogP contribution in [0.25, 0.3) is 0 Å². The minimum absolute atomic E-state index is 0.0699. The van der Waals surface area contributed by atoms with Crippen LogP contribution in [0, 0.1) is 45.3 Å². The average Bonchev–Trinajstić information content (AvgIpc) is 3.30. The van der Waals surface area contributed by atoms with Crippen molar-refractivity contribution in [3.63, 3.8) is 0 Å². The highest BCUT2D eigenvalue weighted by atomic mass is 16.3. The van der Waals surface area contributed by atoms with Crippen LogP contribution in [0.15, 0.2) is 0 Å². The van der Waals surface area contributed by atoms with Gasteiger partial charge >= 0.3 is 0 Å². The van der Waals surface area contributed by atoms with E-state index in [1.807, 2.05) is 7.05 Å². The van der Waals surface area contributed by atoms with Gasteiger partial charge in [-0.15, -0.1) is 0 Å². The lowest BCUT2D eigenvalue weighted by molar-refractivity contribution is -0.139. The molecule has 5 aliphatic carbocycles. The number of nitrogens with one attached hydrogen (secondary N) is 1. The van der Waals surface area contributed by atoms with Crippen LogP contribution in [0.3, 0.4) is 0 Å². The van der Waals surface area contributed by atoms with Crippen molar-refractivity contribution in [1.82, 2.24) is 5.32 Å². The highest BCUT2D eigenvalue weighted by molar-refractivity contribution is 5.30. The molecule has 2 spiro atoms. The minimum Gasteiger partial charge on any atom is -0.393 e. The summed E-state index contributed by atoms with van der Waals surface area (Å²) >= 11 is 0. The number of rotatable bonds is 5. The summed E-state index contributed by atoms with van der Waals surface area (Å²) in [7, 11) is 2.04. The van der Waals surface area contributed by atoms with Crippen LogP contribution in [0.1, 0.15) is 91.4 Å². The zero-order valence-corrected chi connectivity index (χ0v) is 19.3. The van der Waals surface area contributed by atoms with E-state index in [4.69, 9.17) is 0 Å². The van der Waals surface area contributed by atoms with Crippen LogP contribution in [0.5, 0.6) is 0 Å². The van der Waals surface area contributed by atoms with E-state index in [1.54, 1.807) is 0 Å². The Hall–Kier alpha value is -0.120. The monoisotopic (exact) mass is 403 g/mol. The summed E-state index contributed by atoms with van der Waals surface area (Å²) in [4.78, 5) is 0. The van der Waals surface area contributed by atoms with Gasteiger partial charge in [-0.3, -0.25) is 0 Å². The highest BCUT2D eigenvalue weighted by Gasteiger charge is 2.81. The maximum Gasteiger partial charge on any atom is 0.0579 e. The lowest BCUT2D eigenvalue weighted by atomic mass is 9.43. The Morgan fingerprint density at radius 3 is 2.45 bits per heavy atom. The molecule has 5 aliphatic rings. The maximum absolute atomic E-state index is 11.3. The number of unbranched alkanes of at least 4 members (excludes halogenated alkanes) is 1. The van der Waals surface area contributed by atoms with E-state index >= 15 is 0 Å². The molecule has 0 heterocycles. The standard InChI is InChI=1S/C26H45NO2/c1-17-18-8-9-22-24(3)15-21(29)19(7-5-6-14-27-4)23(24,2)12-13-26(22)16-25(18,26)11-10-20(17)28/h17-22,27-29H,5-16H2,1-4H3. The zero-order valence-electron chi connectivity index (χ0n) is 19.3. The first-order chi connectivity index (χ1) is 13.8. The first kappa shape index (κ1) is 20.8. The van der Waals surface area contributed by atoms with Crippen molar-refractivity contribution in [2.75, 3.05) is 13.6 Å². The van der Waals surface area contributed by atoms with Crippen LogP contribution in [-0.4, -0.2) is 36.0 Å². The molecule has 3 heteroatoms. The van der Waals surface area contributed by atoms with Gasteiger partial charge in [-0.2, -0.15) is 0 Å². The van der Waals surface area contributed by atoms with Crippen molar-refractivity contribution in [2.24, 2.45) is 45.3 Å². The van der Waals surface area contributed by atoms with Gasteiger partial charge in [-0.25, -0.2) is 0 Å². The molecule has 0 aromatic rings. The molecule has 0 aromatic carbocycles. The fourth-order valence-electron chi connectivity index (χ4n) is 10.4. The smallest absolute Gasteiger partial charge is 0.0579 e. The molecule has 0 bridgehead atoms. The molecule has 29 heavy (non-hydrogen) atoms. The van der Waals surface area contributed by atoms with E-state index in [1.165, 1.54) is 57.8 Å². The molecular formula is C26H45NO2. The van der Waals surface area contributed by atoms with Gasteiger partial charge in [0.1, 0.15) is 0 Å². The second kappa shape index (κ2) is 6.69. The first-order valence-corrected chi connectivity index (χ1v) is 12.8. The highest BCUT2D eigenvalue weighted by Crippen LogP contribution is 2.88. The van der Waals surface area contributed by atoms with Gasteiger partial charge in [0.15, 0.2) is 0 Å². The van der Waals surface area contributed by atoms with Gasteiger partial charge in [0.05, 0.1) is 12.2 Å². The molecule has 0 radical (unpaired) electrons. The first-order valence-electron chi connectivity index (χ1n) is 12.8. The van der Waals surface area contributed by atoms with Gasteiger partial charge in [0.25, 0.3) is 0 Å². The predicted molar refractivity (Wildman–Crippen MR) is 117 cm³/mol. The van der Waals surface area contributed by atoms with Gasteiger partial charge in [0.2, 0.25) is 0 Å². The second-order valence-corrected chi connectivity index (χ2v) is 12.5. The molecule has 5 saturated carbocycles. The molecule has 10 atom stereocenters. The van der Waals surface area contributed by atoms with Crippen molar-refractivity contribution < 1.29 is 10.2 Å². The van der Waals surface area contributed by atoms with Crippen LogP contribution in [0.4, 0.5) is 0 Å². The normalized spacial score (nSPS) is 58.1. The van der Waals surface area contributed by atoms with E-state index in [2.05, 4.69) is 26.1 Å².